The number of fused-ring (bicyclic) bond motifs is 5. The Morgan fingerprint density at radius 3 is 1.82 bits per heavy atom. The van der Waals surface area contributed by atoms with Crippen LogP contribution in [0, 0.1) is 22.7 Å². The summed E-state index contributed by atoms with van der Waals surface area (Å²) < 4.78 is 25.7. The zero-order valence-corrected chi connectivity index (χ0v) is 31.1. The summed E-state index contributed by atoms with van der Waals surface area (Å²) in [6.07, 6.45) is 10.2. The Morgan fingerprint density at radius 2 is 1.29 bits per heavy atom. The lowest BCUT2D eigenvalue weighted by atomic mass is 9.48. The van der Waals surface area contributed by atoms with Crippen molar-refractivity contribution in [1.29, 1.82) is 0 Å². The van der Waals surface area contributed by atoms with Gasteiger partial charge in [0.05, 0.1) is 22.4 Å². The first-order valence-corrected chi connectivity index (χ1v) is 18.9. The average molecular weight is 545 g/mol. The molecule has 8 heteroatoms. The van der Waals surface area contributed by atoms with E-state index in [2.05, 4.69) is 55.4 Å². The quantitative estimate of drug-likeness (QED) is 0.249. The summed E-state index contributed by atoms with van der Waals surface area (Å²) in [7, 11) is 1.05. The Kier molecular flexibility index (Phi) is 9.01. The molecule has 0 amide bonds. The van der Waals surface area contributed by atoms with Crippen molar-refractivity contribution in [2.24, 2.45) is 22.7 Å². The largest absolute Gasteiger partial charge is 0.468 e. The molecule has 4 nitrogen and oxygen atoms in total. The third kappa shape index (κ3) is 5.18. The predicted octanol–water partition coefficient (Wildman–Crippen LogP) is 3.10. The minimum atomic E-state index is -0.360. The average Bonchev–Trinajstić information content (AvgIpc) is 3.39. The molecule has 3 saturated carbocycles. The molecule has 0 aliphatic heterocycles. The minimum absolute atomic E-state index is 0.111. The fourth-order valence-electron chi connectivity index (χ4n) is 9.46. The van der Waals surface area contributed by atoms with Crippen LogP contribution in [0.1, 0.15) is 107 Å². The molecule has 0 saturated heterocycles. The first kappa shape index (κ1) is 29.3. The van der Waals surface area contributed by atoms with Gasteiger partial charge in [-0.05, 0) is 124 Å². The second kappa shape index (κ2) is 10.5. The number of ether oxygens (including phenoxy) is 2. The molecule has 0 N–H and O–H groups in total. The van der Waals surface area contributed by atoms with Gasteiger partial charge in [-0.15, -0.1) is 0 Å². The van der Waals surface area contributed by atoms with E-state index in [0.29, 0.717) is 0 Å². The van der Waals surface area contributed by atoms with Gasteiger partial charge in [0.25, 0.3) is 0 Å². The molecule has 34 heavy (non-hydrogen) atoms. The summed E-state index contributed by atoms with van der Waals surface area (Å²) in [6.45, 7) is 19.1. The lowest BCUT2D eigenvalue weighted by Crippen LogP contribution is -2.65. The standard InChI is InChI=1S/C26H56O4Si4/c1-21(2,14-16-33-29-31)27-23(5,6)25-13-11-19(18-25)20-10-9-12-26(20,25)24(7,8)28-22(3,4)15-17-34-30-32/h19-20H,9-18,33-34H2,1-8,31-32H3. The molecule has 2 bridgehead atoms. The lowest BCUT2D eigenvalue weighted by molar-refractivity contribution is -0.280. The lowest BCUT2D eigenvalue weighted by Gasteiger charge is -2.63. The molecule has 3 rings (SSSR count). The highest BCUT2D eigenvalue weighted by molar-refractivity contribution is 6.34. The van der Waals surface area contributed by atoms with Crippen molar-refractivity contribution in [2.45, 2.75) is 141 Å². The Labute approximate surface area is 221 Å². The molecule has 3 aliphatic rings. The summed E-state index contributed by atoms with van der Waals surface area (Å²) in [5, 5.41) is 0. The van der Waals surface area contributed by atoms with Gasteiger partial charge < -0.3 is 17.7 Å². The maximum absolute atomic E-state index is 7.26. The predicted molar refractivity (Wildman–Crippen MR) is 156 cm³/mol. The van der Waals surface area contributed by atoms with Crippen LogP contribution >= 0.6 is 0 Å². The van der Waals surface area contributed by atoms with Crippen LogP contribution in [0.25, 0.3) is 0 Å². The molecular formula is C26H56O4Si4. The molecule has 3 aliphatic carbocycles. The van der Waals surface area contributed by atoms with Gasteiger partial charge in [0.2, 0.25) is 0 Å². The van der Waals surface area contributed by atoms with Gasteiger partial charge in [-0.3, -0.25) is 0 Å². The van der Waals surface area contributed by atoms with Crippen molar-refractivity contribution in [1.82, 2.24) is 0 Å². The van der Waals surface area contributed by atoms with Crippen molar-refractivity contribution >= 4 is 40.5 Å². The molecule has 4 unspecified atom stereocenters. The topological polar surface area (TPSA) is 36.9 Å². The molecular weight excluding hydrogens is 489 g/mol. The van der Waals surface area contributed by atoms with E-state index in [0.717, 1.165) is 45.6 Å². The minimum Gasteiger partial charge on any atom is -0.468 e. The Hall–Kier alpha value is 0.708. The summed E-state index contributed by atoms with van der Waals surface area (Å²) in [4.78, 5) is 0. The molecule has 3 fully saturated rings. The molecule has 0 radical (unpaired) electrons. The Morgan fingerprint density at radius 1 is 0.765 bits per heavy atom. The summed E-state index contributed by atoms with van der Waals surface area (Å²) in [6, 6.07) is 2.43. The zero-order chi connectivity index (χ0) is 25.5. The summed E-state index contributed by atoms with van der Waals surface area (Å²) in [5.41, 5.74) is -0.195. The van der Waals surface area contributed by atoms with Gasteiger partial charge in [0.1, 0.15) is 40.5 Å². The number of hydrogen-bond acceptors (Lipinski definition) is 4. The third-order valence-electron chi connectivity index (χ3n) is 10.2. The highest BCUT2D eigenvalue weighted by Gasteiger charge is 2.77. The fourth-order valence-corrected chi connectivity index (χ4v) is 13.8. The molecule has 0 aromatic heterocycles. The van der Waals surface area contributed by atoms with Crippen molar-refractivity contribution in [3.63, 3.8) is 0 Å². The van der Waals surface area contributed by atoms with E-state index in [4.69, 9.17) is 17.7 Å². The number of rotatable bonds is 14. The van der Waals surface area contributed by atoms with Crippen LogP contribution in [0.15, 0.2) is 0 Å². The molecule has 0 aromatic rings. The smallest absolute Gasteiger partial charge is 0.145 e. The molecule has 0 spiro atoms. The van der Waals surface area contributed by atoms with Crippen LogP contribution in [-0.2, 0) is 17.7 Å². The van der Waals surface area contributed by atoms with Gasteiger partial charge in [0, 0.05) is 10.8 Å². The Bertz CT molecular complexity index is 698. The van der Waals surface area contributed by atoms with Crippen LogP contribution < -0.4 is 0 Å². The molecule has 0 heterocycles. The van der Waals surface area contributed by atoms with Crippen LogP contribution in [-0.4, -0.2) is 62.9 Å². The van der Waals surface area contributed by atoms with Crippen LogP contribution in [0.5, 0.6) is 0 Å². The van der Waals surface area contributed by atoms with Crippen molar-refractivity contribution in [3.05, 3.63) is 0 Å². The molecule has 4 atom stereocenters. The maximum atomic E-state index is 7.26. The number of hydrogen-bond donors (Lipinski definition) is 0. The van der Waals surface area contributed by atoms with Crippen LogP contribution in [0.4, 0.5) is 0 Å². The van der Waals surface area contributed by atoms with Crippen LogP contribution in [0.2, 0.25) is 12.1 Å². The Balaban J connectivity index is 1.93. The van der Waals surface area contributed by atoms with E-state index in [9.17, 15) is 0 Å². The highest BCUT2D eigenvalue weighted by Crippen LogP contribution is 2.79. The fraction of sp³-hybridized carbons (Fsp3) is 1.00. The van der Waals surface area contributed by atoms with E-state index >= 15 is 0 Å². The third-order valence-corrected chi connectivity index (χ3v) is 14.8. The molecule has 200 valence electrons. The van der Waals surface area contributed by atoms with E-state index in [1.165, 1.54) is 50.6 Å². The summed E-state index contributed by atoms with van der Waals surface area (Å²) >= 11 is 0. The SMILES string of the molecule is CC(C)(CC[SiH2]O[SiH3])OC(C)(C)C12CCC(C1)C1CCCC12C(C)(C)OC(C)(C)CC[SiH2]O[SiH3]. The van der Waals surface area contributed by atoms with E-state index in [-0.39, 0.29) is 52.8 Å². The van der Waals surface area contributed by atoms with E-state index < -0.39 is 0 Å². The van der Waals surface area contributed by atoms with Gasteiger partial charge in [0.15, 0.2) is 0 Å². The maximum Gasteiger partial charge on any atom is 0.145 e. The first-order valence-electron chi connectivity index (χ1n) is 14.1. The van der Waals surface area contributed by atoms with Gasteiger partial charge in [-0.1, -0.05) is 6.42 Å². The van der Waals surface area contributed by atoms with Crippen LogP contribution in [0.3, 0.4) is 0 Å². The normalized spacial score (nSPS) is 32.8. The van der Waals surface area contributed by atoms with Crippen molar-refractivity contribution in [2.75, 3.05) is 0 Å². The van der Waals surface area contributed by atoms with Gasteiger partial charge in [-0.2, -0.15) is 0 Å². The van der Waals surface area contributed by atoms with E-state index in [1.54, 1.807) is 0 Å². The summed E-state index contributed by atoms with van der Waals surface area (Å²) in [5.74, 6) is 1.62. The van der Waals surface area contributed by atoms with Gasteiger partial charge in [-0.25, -0.2) is 0 Å². The van der Waals surface area contributed by atoms with Crippen molar-refractivity contribution < 1.29 is 17.7 Å². The van der Waals surface area contributed by atoms with E-state index in [1.807, 2.05) is 0 Å². The monoisotopic (exact) mass is 544 g/mol. The second-order valence-electron chi connectivity index (χ2n) is 14.0. The van der Waals surface area contributed by atoms with Gasteiger partial charge >= 0.3 is 0 Å². The highest BCUT2D eigenvalue weighted by atomic mass is 28.3. The van der Waals surface area contributed by atoms with Crippen molar-refractivity contribution in [3.8, 4) is 0 Å². The second-order valence-corrected chi connectivity index (χ2v) is 20.8. The molecule has 0 aromatic carbocycles. The first-order chi connectivity index (χ1) is 15.7. The zero-order valence-electron chi connectivity index (χ0n) is 24.3.